The molecule has 3 heterocycles. The van der Waals surface area contributed by atoms with Crippen LogP contribution in [0, 0.1) is 0 Å². The molecule has 2 aliphatic rings. The van der Waals surface area contributed by atoms with E-state index in [0.29, 0.717) is 37.6 Å². The van der Waals surface area contributed by atoms with E-state index >= 15 is 0 Å². The van der Waals surface area contributed by atoms with E-state index in [1.54, 1.807) is 16.4 Å². The van der Waals surface area contributed by atoms with Crippen LogP contribution >= 0.6 is 11.8 Å². The van der Waals surface area contributed by atoms with Gasteiger partial charge < -0.3 is 10.0 Å². The van der Waals surface area contributed by atoms with E-state index < -0.39 is 5.60 Å². The van der Waals surface area contributed by atoms with Crippen molar-refractivity contribution in [3.63, 3.8) is 0 Å². The van der Waals surface area contributed by atoms with Gasteiger partial charge in [0.25, 0.3) is 11.5 Å². The maximum Gasteiger partial charge on any atom is 0.267 e. The molecule has 0 spiro atoms. The topological polar surface area (TPSA) is 75.4 Å². The molecule has 6 nitrogen and oxygen atoms in total. The standard InChI is InChI=1S/C14H19N3O3S/c1-14(20)3-2-5-16(6-4-14)11(18)10-9-15-13-17(12(10)19)7-8-21-13/h9,20H,2-8H2,1H3. The van der Waals surface area contributed by atoms with Gasteiger partial charge in [-0.2, -0.15) is 0 Å². The molecule has 1 aromatic rings. The van der Waals surface area contributed by atoms with Crippen LogP contribution in [0.1, 0.15) is 36.5 Å². The number of thioether (sulfide) groups is 1. The smallest absolute Gasteiger partial charge is 0.267 e. The summed E-state index contributed by atoms with van der Waals surface area (Å²) in [5.74, 6) is 0.560. The van der Waals surface area contributed by atoms with Crippen LogP contribution in [0.5, 0.6) is 0 Å². The van der Waals surface area contributed by atoms with Crippen molar-refractivity contribution < 1.29 is 9.90 Å². The third-order valence-electron chi connectivity index (χ3n) is 4.14. The molecule has 2 aliphatic heterocycles. The minimum Gasteiger partial charge on any atom is -0.390 e. The Bertz CT molecular complexity index is 626. The van der Waals surface area contributed by atoms with E-state index in [-0.39, 0.29) is 17.0 Å². The lowest BCUT2D eigenvalue weighted by Crippen LogP contribution is -2.38. The average molecular weight is 309 g/mol. The van der Waals surface area contributed by atoms with Crippen molar-refractivity contribution in [3.05, 3.63) is 22.1 Å². The minimum atomic E-state index is -0.725. The summed E-state index contributed by atoms with van der Waals surface area (Å²) in [5, 5.41) is 10.8. The number of nitrogens with zero attached hydrogens (tertiary/aromatic N) is 3. The van der Waals surface area contributed by atoms with E-state index in [1.165, 1.54) is 18.0 Å². The number of aromatic nitrogens is 2. The van der Waals surface area contributed by atoms with Crippen molar-refractivity contribution in [2.45, 2.75) is 43.5 Å². The van der Waals surface area contributed by atoms with Gasteiger partial charge in [0.1, 0.15) is 5.56 Å². The van der Waals surface area contributed by atoms with E-state index in [2.05, 4.69) is 4.98 Å². The second kappa shape index (κ2) is 5.46. The molecule has 1 fully saturated rings. The minimum absolute atomic E-state index is 0.141. The van der Waals surface area contributed by atoms with Gasteiger partial charge >= 0.3 is 0 Å². The molecular weight excluding hydrogens is 290 g/mol. The SMILES string of the molecule is CC1(O)CCCN(C(=O)c2cnc3n(c2=O)CCS3)CC1. The summed E-state index contributed by atoms with van der Waals surface area (Å²) in [5.41, 5.74) is -0.828. The van der Waals surface area contributed by atoms with Crippen molar-refractivity contribution >= 4 is 17.7 Å². The molecule has 1 unspecified atom stereocenters. The number of amides is 1. The van der Waals surface area contributed by atoms with Crippen molar-refractivity contribution in [1.82, 2.24) is 14.5 Å². The summed E-state index contributed by atoms with van der Waals surface area (Å²) in [6.07, 6.45) is 3.36. The lowest BCUT2D eigenvalue weighted by Gasteiger charge is -2.22. The van der Waals surface area contributed by atoms with Crippen LogP contribution in [0.4, 0.5) is 0 Å². The molecular formula is C14H19N3O3S. The molecule has 3 rings (SSSR count). The van der Waals surface area contributed by atoms with Crippen LogP contribution in [0.2, 0.25) is 0 Å². The largest absolute Gasteiger partial charge is 0.390 e. The summed E-state index contributed by atoms with van der Waals surface area (Å²) < 4.78 is 1.58. The zero-order valence-corrected chi connectivity index (χ0v) is 12.9. The van der Waals surface area contributed by atoms with E-state index in [1.807, 2.05) is 0 Å². The van der Waals surface area contributed by atoms with Gasteiger partial charge in [0.2, 0.25) is 0 Å². The number of hydrogen-bond acceptors (Lipinski definition) is 5. The van der Waals surface area contributed by atoms with Gasteiger partial charge in [-0.3, -0.25) is 14.2 Å². The normalized spacial score (nSPS) is 25.5. The molecule has 1 amide bonds. The maximum atomic E-state index is 12.6. The first kappa shape index (κ1) is 14.6. The number of rotatable bonds is 1. The Balaban J connectivity index is 1.84. The number of likely N-dealkylation sites (tertiary alicyclic amines) is 1. The third-order valence-corrected chi connectivity index (χ3v) is 5.11. The highest BCUT2D eigenvalue weighted by Crippen LogP contribution is 2.23. The van der Waals surface area contributed by atoms with Crippen LogP contribution in [0.15, 0.2) is 16.1 Å². The fraction of sp³-hybridized carbons (Fsp3) is 0.643. The number of hydrogen-bond donors (Lipinski definition) is 1. The molecule has 0 aliphatic carbocycles. The maximum absolute atomic E-state index is 12.6. The van der Waals surface area contributed by atoms with Crippen molar-refractivity contribution in [2.24, 2.45) is 0 Å². The Hall–Kier alpha value is -1.34. The van der Waals surface area contributed by atoms with Gasteiger partial charge in [0, 0.05) is 31.6 Å². The van der Waals surface area contributed by atoms with E-state index in [0.717, 1.165) is 12.2 Å². The van der Waals surface area contributed by atoms with Gasteiger partial charge in [-0.15, -0.1) is 0 Å². The van der Waals surface area contributed by atoms with Gasteiger partial charge in [-0.1, -0.05) is 11.8 Å². The molecule has 0 radical (unpaired) electrons. The fourth-order valence-electron chi connectivity index (χ4n) is 2.80. The first-order valence-electron chi connectivity index (χ1n) is 7.22. The van der Waals surface area contributed by atoms with Crippen molar-refractivity contribution in [2.75, 3.05) is 18.8 Å². The van der Waals surface area contributed by atoms with Gasteiger partial charge in [-0.25, -0.2) is 4.98 Å². The Labute approximate surface area is 127 Å². The summed E-state index contributed by atoms with van der Waals surface area (Å²) in [6, 6.07) is 0. The van der Waals surface area contributed by atoms with Gasteiger partial charge in [0.15, 0.2) is 5.16 Å². The zero-order chi connectivity index (χ0) is 15.0. The first-order valence-corrected chi connectivity index (χ1v) is 8.21. The third kappa shape index (κ3) is 2.85. The zero-order valence-electron chi connectivity index (χ0n) is 12.0. The Morgan fingerprint density at radius 3 is 3.00 bits per heavy atom. The highest BCUT2D eigenvalue weighted by molar-refractivity contribution is 7.99. The molecule has 1 N–H and O–H groups in total. The highest BCUT2D eigenvalue weighted by atomic mass is 32.2. The Morgan fingerprint density at radius 1 is 1.38 bits per heavy atom. The predicted molar refractivity (Wildman–Crippen MR) is 79.6 cm³/mol. The molecule has 7 heteroatoms. The molecule has 0 aromatic carbocycles. The second-order valence-corrected chi connectivity index (χ2v) is 6.96. The van der Waals surface area contributed by atoms with E-state index in [4.69, 9.17) is 0 Å². The summed E-state index contributed by atoms with van der Waals surface area (Å²) in [4.78, 5) is 30.8. The lowest BCUT2D eigenvalue weighted by atomic mass is 9.98. The van der Waals surface area contributed by atoms with Crippen LogP contribution in [0.25, 0.3) is 0 Å². The quantitative estimate of drug-likeness (QED) is 0.774. The van der Waals surface area contributed by atoms with Crippen LogP contribution < -0.4 is 5.56 Å². The van der Waals surface area contributed by atoms with Crippen LogP contribution in [0.3, 0.4) is 0 Å². The van der Waals surface area contributed by atoms with Crippen LogP contribution in [-0.2, 0) is 6.54 Å². The lowest BCUT2D eigenvalue weighted by molar-refractivity contribution is 0.0437. The average Bonchev–Trinajstić information content (AvgIpc) is 2.84. The number of carbonyl (C=O) groups excluding carboxylic acids is 1. The van der Waals surface area contributed by atoms with Crippen molar-refractivity contribution in [3.8, 4) is 0 Å². The van der Waals surface area contributed by atoms with E-state index in [9.17, 15) is 14.7 Å². The number of aliphatic hydroxyl groups is 1. The molecule has 114 valence electrons. The molecule has 1 atom stereocenters. The summed E-state index contributed by atoms with van der Waals surface area (Å²) in [6.45, 7) is 3.46. The number of fused-ring (bicyclic) bond motifs is 1. The molecule has 0 saturated carbocycles. The van der Waals surface area contributed by atoms with Gasteiger partial charge in [-0.05, 0) is 26.2 Å². The highest BCUT2D eigenvalue weighted by Gasteiger charge is 2.29. The van der Waals surface area contributed by atoms with Crippen molar-refractivity contribution in [1.29, 1.82) is 0 Å². The Morgan fingerprint density at radius 2 is 2.19 bits per heavy atom. The summed E-state index contributed by atoms with van der Waals surface area (Å²) in [7, 11) is 0. The number of carbonyl (C=O) groups is 1. The van der Waals surface area contributed by atoms with Crippen LogP contribution in [-0.4, -0.2) is 49.9 Å². The predicted octanol–water partition coefficient (Wildman–Crippen LogP) is 0.726. The first-order chi connectivity index (χ1) is 9.98. The molecule has 0 bridgehead atoms. The second-order valence-electron chi connectivity index (χ2n) is 5.90. The fourth-order valence-corrected chi connectivity index (χ4v) is 3.71. The molecule has 21 heavy (non-hydrogen) atoms. The summed E-state index contributed by atoms with van der Waals surface area (Å²) >= 11 is 1.54. The van der Waals surface area contributed by atoms with Gasteiger partial charge in [0.05, 0.1) is 5.60 Å². The molecule has 1 aromatic heterocycles. The Kier molecular flexibility index (Phi) is 3.79. The molecule has 1 saturated heterocycles. The monoisotopic (exact) mass is 309 g/mol.